The van der Waals surface area contributed by atoms with Crippen LogP contribution in [0.25, 0.3) is 0 Å². The predicted octanol–water partition coefficient (Wildman–Crippen LogP) is 2.96. The van der Waals surface area contributed by atoms with Gasteiger partial charge in [0, 0.05) is 57.0 Å². The largest absolute Gasteiger partial charge is 0.493 e. The lowest BCUT2D eigenvalue weighted by Gasteiger charge is -2.30. The number of likely N-dealkylation sites (tertiary alicyclic amines) is 1. The number of benzene rings is 1. The highest BCUT2D eigenvalue weighted by Crippen LogP contribution is 2.41. The molecule has 0 spiro atoms. The molecule has 0 saturated carbocycles. The molecule has 1 unspecified atom stereocenters. The SMILES string of the molecule is CCCCN(CCCN(C)C)C(=O)CN1C[C@H](c2ccc3c(c2)CCO3)C(C(=O)O)[C@@H]1CCn1cccn1. The Bertz CT molecular complexity index is 1060. The van der Waals surface area contributed by atoms with Crippen molar-refractivity contribution in [2.24, 2.45) is 5.92 Å². The number of rotatable bonds is 14. The van der Waals surface area contributed by atoms with Gasteiger partial charge in [0.05, 0.1) is 19.1 Å². The summed E-state index contributed by atoms with van der Waals surface area (Å²) in [5.41, 5.74) is 2.16. The Morgan fingerprint density at radius 1 is 1.18 bits per heavy atom. The van der Waals surface area contributed by atoms with Gasteiger partial charge in [0.25, 0.3) is 0 Å². The summed E-state index contributed by atoms with van der Waals surface area (Å²) in [5, 5.41) is 14.8. The van der Waals surface area contributed by atoms with E-state index in [0.717, 1.165) is 62.2 Å². The summed E-state index contributed by atoms with van der Waals surface area (Å²) in [7, 11) is 4.09. The Morgan fingerprint density at radius 3 is 2.71 bits per heavy atom. The zero-order valence-corrected chi connectivity index (χ0v) is 23.1. The van der Waals surface area contributed by atoms with E-state index in [4.69, 9.17) is 4.74 Å². The monoisotopic (exact) mass is 525 g/mol. The molecule has 208 valence electrons. The molecule has 1 aromatic heterocycles. The van der Waals surface area contributed by atoms with Crippen molar-refractivity contribution >= 4 is 11.9 Å². The fraction of sp³-hybridized carbons (Fsp3) is 0.621. The van der Waals surface area contributed by atoms with Gasteiger partial charge in [-0.05, 0) is 63.2 Å². The number of nitrogens with zero attached hydrogens (tertiary/aromatic N) is 5. The number of unbranched alkanes of at least 4 members (excludes halogenated alkanes) is 1. The van der Waals surface area contributed by atoms with Gasteiger partial charge < -0.3 is 19.6 Å². The lowest BCUT2D eigenvalue weighted by Crippen LogP contribution is -2.45. The van der Waals surface area contributed by atoms with E-state index in [2.05, 4.69) is 27.9 Å². The highest BCUT2D eigenvalue weighted by molar-refractivity contribution is 5.79. The minimum atomic E-state index is -0.805. The zero-order valence-electron chi connectivity index (χ0n) is 23.1. The number of ether oxygens (including phenoxy) is 1. The van der Waals surface area contributed by atoms with Crippen molar-refractivity contribution in [2.75, 3.05) is 53.4 Å². The van der Waals surface area contributed by atoms with E-state index < -0.39 is 11.9 Å². The molecule has 0 radical (unpaired) electrons. The summed E-state index contributed by atoms with van der Waals surface area (Å²) in [6.45, 7) is 6.59. The molecule has 0 bridgehead atoms. The smallest absolute Gasteiger partial charge is 0.308 e. The summed E-state index contributed by atoms with van der Waals surface area (Å²) < 4.78 is 7.52. The van der Waals surface area contributed by atoms with Gasteiger partial charge >= 0.3 is 5.97 Å². The normalized spacial score (nSPS) is 21.0. The molecule has 1 saturated heterocycles. The molecule has 3 heterocycles. The molecular weight excluding hydrogens is 482 g/mol. The zero-order chi connectivity index (χ0) is 27.1. The lowest BCUT2D eigenvalue weighted by atomic mass is 9.83. The Balaban J connectivity index is 1.55. The maximum atomic E-state index is 13.6. The van der Waals surface area contributed by atoms with Crippen LogP contribution in [0.1, 0.15) is 49.7 Å². The minimum absolute atomic E-state index is 0.0911. The maximum absolute atomic E-state index is 13.6. The standard InChI is InChI=1S/C29H43N5O4/c1-4-5-14-32(15-7-13-31(2)3)27(35)21-33-20-24(22-8-9-26-23(19-22)11-18-38-26)28(29(36)37)25(33)10-17-34-16-6-12-30-34/h6,8-9,12,16,19,24-25,28H,4-5,7,10-11,13-15,17-18,20-21H2,1-3H3,(H,36,37)/t24-,25+,28?/m1/s1. The Kier molecular flexibility index (Phi) is 9.80. The Morgan fingerprint density at radius 2 is 2.00 bits per heavy atom. The predicted molar refractivity (Wildman–Crippen MR) is 146 cm³/mol. The number of hydrogen-bond acceptors (Lipinski definition) is 6. The van der Waals surface area contributed by atoms with Crippen LogP contribution in [0.5, 0.6) is 5.75 Å². The molecule has 3 atom stereocenters. The second kappa shape index (κ2) is 13.2. The summed E-state index contributed by atoms with van der Waals surface area (Å²) in [6, 6.07) is 7.72. The van der Waals surface area contributed by atoms with Gasteiger partial charge in [-0.3, -0.25) is 19.2 Å². The van der Waals surface area contributed by atoms with Gasteiger partial charge in [-0.1, -0.05) is 25.5 Å². The van der Waals surface area contributed by atoms with Crippen LogP contribution in [0.15, 0.2) is 36.7 Å². The summed E-state index contributed by atoms with van der Waals surface area (Å²) in [6.07, 6.45) is 8.01. The number of aliphatic carboxylic acids is 1. The van der Waals surface area contributed by atoms with Crippen molar-refractivity contribution < 1.29 is 19.4 Å². The van der Waals surface area contributed by atoms with Crippen molar-refractivity contribution in [3.63, 3.8) is 0 Å². The van der Waals surface area contributed by atoms with Crippen LogP contribution in [0.3, 0.4) is 0 Å². The van der Waals surface area contributed by atoms with E-state index in [0.29, 0.717) is 26.1 Å². The number of fused-ring (bicyclic) bond motifs is 1. The summed E-state index contributed by atoms with van der Waals surface area (Å²) in [4.78, 5) is 32.6. The number of amides is 1. The van der Waals surface area contributed by atoms with Crippen molar-refractivity contribution in [3.8, 4) is 5.75 Å². The Hall–Kier alpha value is -2.91. The number of aryl methyl sites for hydroxylation is 1. The number of aromatic nitrogens is 2. The molecule has 1 amide bonds. The molecule has 4 rings (SSSR count). The van der Waals surface area contributed by atoms with Gasteiger partial charge in [-0.15, -0.1) is 0 Å². The fourth-order valence-corrected chi connectivity index (χ4v) is 5.89. The highest BCUT2D eigenvalue weighted by Gasteiger charge is 2.47. The minimum Gasteiger partial charge on any atom is -0.493 e. The average Bonchev–Trinajstić information content (AvgIpc) is 3.64. The third-order valence-corrected chi connectivity index (χ3v) is 7.89. The van der Waals surface area contributed by atoms with E-state index in [1.54, 1.807) is 6.20 Å². The number of hydrogen-bond donors (Lipinski definition) is 1. The van der Waals surface area contributed by atoms with Crippen LogP contribution in [-0.4, -0.2) is 101 Å². The van der Waals surface area contributed by atoms with Crippen molar-refractivity contribution in [1.29, 1.82) is 0 Å². The van der Waals surface area contributed by atoms with E-state index in [-0.39, 0.29) is 24.4 Å². The number of carboxylic acid groups (broad SMARTS) is 1. The maximum Gasteiger partial charge on any atom is 0.308 e. The van der Waals surface area contributed by atoms with Gasteiger partial charge in [0.1, 0.15) is 5.75 Å². The lowest BCUT2D eigenvalue weighted by molar-refractivity contribution is -0.144. The first-order chi connectivity index (χ1) is 18.4. The van der Waals surface area contributed by atoms with E-state index >= 15 is 0 Å². The van der Waals surface area contributed by atoms with Crippen molar-refractivity contribution in [1.82, 2.24) is 24.5 Å². The molecule has 2 aliphatic rings. The van der Waals surface area contributed by atoms with Gasteiger partial charge in [-0.25, -0.2) is 0 Å². The van der Waals surface area contributed by atoms with Crippen LogP contribution in [0.4, 0.5) is 0 Å². The fourth-order valence-electron chi connectivity index (χ4n) is 5.89. The third kappa shape index (κ3) is 6.94. The number of carbonyl (C=O) groups is 2. The van der Waals surface area contributed by atoms with Crippen LogP contribution in [-0.2, 0) is 22.6 Å². The topological polar surface area (TPSA) is 91.1 Å². The van der Waals surface area contributed by atoms with Gasteiger partial charge in [0.15, 0.2) is 0 Å². The average molecular weight is 526 g/mol. The summed E-state index contributed by atoms with van der Waals surface area (Å²) >= 11 is 0. The van der Waals surface area contributed by atoms with Crippen molar-refractivity contribution in [3.05, 3.63) is 47.8 Å². The second-order valence-corrected chi connectivity index (χ2v) is 10.9. The van der Waals surface area contributed by atoms with Crippen LogP contribution >= 0.6 is 0 Å². The highest BCUT2D eigenvalue weighted by atomic mass is 16.5. The molecule has 0 aliphatic carbocycles. The molecular formula is C29H43N5O4. The first-order valence-electron chi connectivity index (χ1n) is 14.0. The number of carboxylic acids is 1. The van der Waals surface area contributed by atoms with Crippen molar-refractivity contribution in [2.45, 2.75) is 57.5 Å². The second-order valence-electron chi connectivity index (χ2n) is 10.9. The molecule has 1 aromatic carbocycles. The van der Waals surface area contributed by atoms with Crippen LogP contribution in [0, 0.1) is 5.92 Å². The number of carbonyl (C=O) groups excluding carboxylic acids is 1. The molecule has 1 N–H and O–H groups in total. The molecule has 2 aliphatic heterocycles. The summed E-state index contributed by atoms with van der Waals surface area (Å²) in [5.74, 6) is -0.608. The first kappa shape index (κ1) is 28.1. The third-order valence-electron chi connectivity index (χ3n) is 7.89. The van der Waals surface area contributed by atoms with Gasteiger partial charge in [0.2, 0.25) is 5.91 Å². The Labute approximate surface area is 226 Å². The molecule has 9 heteroatoms. The molecule has 38 heavy (non-hydrogen) atoms. The molecule has 1 fully saturated rings. The molecule has 2 aromatic rings. The van der Waals surface area contributed by atoms with Crippen LogP contribution < -0.4 is 4.74 Å². The van der Waals surface area contributed by atoms with E-state index in [1.165, 1.54) is 0 Å². The quantitative estimate of drug-likeness (QED) is 0.406. The van der Waals surface area contributed by atoms with Crippen LogP contribution in [0.2, 0.25) is 0 Å². The van der Waals surface area contributed by atoms with Gasteiger partial charge in [-0.2, -0.15) is 5.10 Å². The van der Waals surface area contributed by atoms with E-state index in [9.17, 15) is 14.7 Å². The van der Waals surface area contributed by atoms with E-state index in [1.807, 2.05) is 48.1 Å². The molecule has 9 nitrogen and oxygen atoms in total. The first-order valence-corrected chi connectivity index (χ1v) is 14.0.